The number of carbonyl (C=O) groups excluding carboxylic acids is 3. The van der Waals surface area contributed by atoms with Crippen molar-refractivity contribution in [3.8, 4) is 0 Å². The topological polar surface area (TPSA) is 88.1 Å². The minimum atomic E-state index is -0.327. The number of methoxy groups -OCH3 is 1. The third-order valence-electron chi connectivity index (χ3n) is 5.70. The Hall–Kier alpha value is -1.47. The van der Waals surface area contributed by atoms with Gasteiger partial charge in [0.25, 0.3) is 0 Å². The quantitative estimate of drug-likeness (QED) is 0.300. The van der Waals surface area contributed by atoms with Gasteiger partial charge in [-0.15, -0.1) is 0 Å². The summed E-state index contributed by atoms with van der Waals surface area (Å²) in [5, 5.41) is 0. The molecule has 0 amide bonds. The number of hydrogen-bond donors (Lipinski definition) is 0. The molecule has 1 heterocycles. The fraction of sp³-hybridized carbons (Fsp3) is 0.857. The van der Waals surface area contributed by atoms with Gasteiger partial charge in [0, 0.05) is 38.2 Å². The molecule has 0 spiro atoms. The van der Waals surface area contributed by atoms with E-state index in [4.69, 9.17) is 14.2 Å². The molecule has 160 valence electrons. The Bertz CT molecular complexity index is 501. The lowest BCUT2D eigenvalue weighted by atomic mass is 9.89. The summed E-state index contributed by atoms with van der Waals surface area (Å²) in [6, 6.07) is 0. The molecule has 1 saturated carbocycles. The molecular weight excluding hydrogens is 364 g/mol. The van der Waals surface area contributed by atoms with Crippen molar-refractivity contribution in [3.05, 3.63) is 0 Å². The molecule has 0 bridgehead atoms. The van der Waals surface area contributed by atoms with Gasteiger partial charge in [-0.05, 0) is 32.1 Å². The first-order valence-electron chi connectivity index (χ1n) is 10.5. The zero-order valence-electron chi connectivity index (χ0n) is 17.1. The fourth-order valence-electron chi connectivity index (χ4n) is 4.26. The molecular formula is C21H34O7. The average molecular weight is 398 g/mol. The zero-order valence-corrected chi connectivity index (χ0v) is 17.1. The predicted octanol–water partition coefficient (Wildman–Crippen LogP) is 3.18. The molecule has 1 saturated heterocycles. The second kappa shape index (κ2) is 12.2. The van der Waals surface area contributed by atoms with Crippen molar-refractivity contribution in [1.29, 1.82) is 0 Å². The first-order chi connectivity index (χ1) is 13.5. The van der Waals surface area contributed by atoms with Gasteiger partial charge in [0.05, 0.1) is 13.2 Å². The van der Waals surface area contributed by atoms with Crippen LogP contribution in [0.15, 0.2) is 0 Å². The van der Waals surface area contributed by atoms with Gasteiger partial charge in [0.2, 0.25) is 0 Å². The molecule has 4 unspecified atom stereocenters. The zero-order chi connectivity index (χ0) is 20.4. The van der Waals surface area contributed by atoms with Crippen molar-refractivity contribution in [2.24, 2.45) is 11.8 Å². The van der Waals surface area contributed by atoms with E-state index >= 15 is 0 Å². The molecule has 0 aromatic carbocycles. The molecule has 2 aliphatic rings. The molecule has 0 radical (unpaired) electrons. The van der Waals surface area contributed by atoms with Gasteiger partial charge >= 0.3 is 11.9 Å². The highest BCUT2D eigenvalue weighted by Gasteiger charge is 2.46. The van der Waals surface area contributed by atoms with E-state index in [0.717, 1.165) is 57.7 Å². The lowest BCUT2D eigenvalue weighted by molar-refractivity contribution is -0.195. The average Bonchev–Trinajstić information content (AvgIpc) is 3.00. The van der Waals surface area contributed by atoms with Gasteiger partial charge in [0.15, 0.2) is 6.29 Å². The van der Waals surface area contributed by atoms with E-state index in [-0.39, 0.29) is 42.3 Å². The molecule has 0 aromatic rings. The molecule has 7 nitrogen and oxygen atoms in total. The van der Waals surface area contributed by atoms with Crippen LogP contribution in [0.2, 0.25) is 0 Å². The normalized spacial score (nSPS) is 30.0. The van der Waals surface area contributed by atoms with Crippen molar-refractivity contribution < 1.29 is 33.3 Å². The monoisotopic (exact) mass is 398 g/mol. The van der Waals surface area contributed by atoms with E-state index in [0.29, 0.717) is 19.4 Å². The fourth-order valence-corrected chi connectivity index (χ4v) is 4.26. The lowest BCUT2D eigenvalue weighted by Gasteiger charge is -2.28. The van der Waals surface area contributed by atoms with Gasteiger partial charge in [0.1, 0.15) is 12.4 Å². The second-order valence-corrected chi connectivity index (χ2v) is 7.76. The van der Waals surface area contributed by atoms with Crippen molar-refractivity contribution in [1.82, 2.24) is 0 Å². The van der Waals surface area contributed by atoms with Crippen molar-refractivity contribution in [2.45, 2.75) is 89.6 Å². The van der Waals surface area contributed by atoms with Crippen molar-refractivity contribution >= 4 is 18.2 Å². The molecule has 2 rings (SSSR count). The van der Waals surface area contributed by atoms with Crippen LogP contribution >= 0.6 is 0 Å². The van der Waals surface area contributed by atoms with Gasteiger partial charge in [-0.25, -0.2) is 0 Å². The third-order valence-corrected chi connectivity index (χ3v) is 5.70. The summed E-state index contributed by atoms with van der Waals surface area (Å²) in [6.07, 6.45) is 8.44. The maximum atomic E-state index is 11.8. The van der Waals surface area contributed by atoms with Crippen LogP contribution in [0.3, 0.4) is 0 Å². The van der Waals surface area contributed by atoms with E-state index in [1.165, 1.54) is 14.0 Å². The van der Waals surface area contributed by atoms with Crippen molar-refractivity contribution in [2.75, 3.05) is 13.7 Å². The van der Waals surface area contributed by atoms with Crippen LogP contribution in [0.4, 0.5) is 0 Å². The number of rotatable bonds is 11. The van der Waals surface area contributed by atoms with Gasteiger partial charge in [-0.2, -0.15) is 0 Å². The maximum Gasteiger partial charge on any atom is 0.305 e. The summed E-state index contributed by atoms with van der Waals surface area (Å²) < 4.78 is 21.9. The van der Waals surface area contributed by atoms with E-state index < -0.39 is 0 Å². The summed E-state index contributed by atoms with van der Waals surface area (Å²) in [6.45, 7) is 2.09. The van der Waals surface area contributed by atoms with Crippen LogP contribution in [0.5, 0.6) is 0 Å². The Balaban J connectivity index is 1.85. The summed E-state index contributed by atoms with van der Waals surface area (Å²) in [7, 11) is 1.40. The van der Waals surface area contributed by atoms with E-state index in [2.05, 4.69) is 4.74 Å². The summed E-state index contributed by atoms with van der Waals surface area (Å²) in [5.41, 5.74) is 0. The summed E-state index contributed by atoms with van der Waals surface area (Å²) >= 11 is 0. The van der Waals surface area contributed by atoms with Crippen LogP contribution in [-0.2, 0) is 33.3 Å². The minimum Gasteiger partial charge on any atom is -0.469 e. The number of aldehydes is 1. The van der Waals surface area contributed by atoms with Crippen LogP contribution in [0.1, 0.15) is 71.1 Å². The molecule has 1 aliphatic heterocycles. The number of hydrogen-bond acceptors (Lipinski definition) is 7. The number of unbranched alkanes of at least 4 members (excludes halogenated alkanes) is 3. The summed E-state index contributed by atoms with van der Waals surface area (Å²) in [5.74, 6) is -0.829. The van der Waals surface area contributed by atoms with Gasteiger partial charge < -0.3 is 23.7 Å². The Kier molecular flexibility index (Phi) is 9.92. The van der Waals surface area contributed by atoms with Gasteiger partial charge in [-0.1, -0.05) is 19.3 Å². The molecule has 2 fully saturated rings. The van der Waals surface area contributed by atoms with Crippen LogP contribution in [0.25, 0.3) is 0 Å². The Morgan fingerprint density at radius 3 is 2.54 bits per heavy atom. The highest BCUT2D eigenvalue weighted by Crippen LogP contribution is 2.39. The van der Waals surface area contributed by atoms with Crippen LogP contribution < -0.4 is 0 Å². The standard InChI is InChI=1S/C21H34O7/c1-15(23)27-18-13-19(28-21-11-7-8-12-26-21)17(14-22)16(18)9-5-3-4-6-10-20(24)25-2/h14,16-19,21H,3-13H2,1-2H3/t16?,17-,18?,19?,21?/m1/s1. The molecule has 1 aliphatic carbocycles. The number of carbonyl (C=O) groups is 3. The molecule has 0 N–H and O–H groups in total. The Morgan fingerprint density at radius 2 is 1.89 bits per heavy atom. The number of ether oxygens (including phenoxy) is 4. The molecule has 0 aromatic heterocycles. The predicted molar refractivity (Wildman–Crippen MR) is 101 cm³/mol. The van der Waals surface area contributed by atoms with E-state index in [9.17, 15) is 14.4 Å². The number of esters is 2. The smallest absolute Gasteiger partial charge is 0.305 e. The second-order valence-electron chi connectivity index (χ2n) is 7.76. The van der Waals surface area contributed by atoms with Crippen molar-refractivity contribution in [3.63, 3.8) is 0 Å². The molecule has 7 heteroatoms. The van der Waals surface area contributed by atoms with Crippen LogP contribution in [0, 0.1) is 11.8 Å². The third kappa shape index (κ3) is 7.17. The summed E-state index contributed by atoms with van der Waals surface area (Å²) in [4.78, 5) is 34.5. The Morgan fingerprint density at radius 1 is 1.11 bits per heavy atom. The highest BCUT2D eigenvalue weighted by molar-refractivity contribution is 5.69. The molecule has 5 atom stereocenters. The van der Waals surface area contributed by atoms with Gasteiger partial charge in [-0.3, -0.25) is 9.59 Å². The van der Waals surface area contributed by atoms with E-state index in [1.807, 2.05) is 0 Å². The first-order valence-corrected chi connectivity index (χ1v) is 10.5. The lowest BCUT2D eigenvalue weighted by Crippen LogP contribution is -2.32. The maximum absolute atomic E-state index is 11.8. The first kappa shape index (κ1) is 22.8. The largest absolute Gasteiger partial charge is 0.469 e. The minimum absolute atomic E-state index is 0.0319. The Labute approximate surface area is 167 Å². The molecule has 28 heavy (non-hydrogen) atoms. The highest BCUT2D eigenvalue weighted by atomic mass is 16.7. The SMILES string of the molecule is COC(=O)CCCCCCC1C(OC(C)=O)CC(OC2CCCCO2)[C@@H]1C=O. The van der Waals surface area contributed by atoms with E-state index in [1.54, 1.807) is 0 Å². The van der Waals surface area contributed by atoms with Crippen LogP contribution in [-0.4, -0.2) is 50.4 Å².